The van der Waals surface area contributed by atoms with Gasteiger partial charge >= 0.3 is 5.97 Å². The Morgan fingerprint density at radius 2 is 1.77 bits per heavy atom. The van der Waals surface area contributed by atoms with Crippen LogP contribution in [0.5, 0.6) is 5.75 Å². The van der Waals surface area contributed by atoms with E-state index in [1.807, 2.05) is 0 Å². The van der Waals surface area contributed by atoms with Gasteiger partial charge < -0.3 is 14.4 Å². The van der Waals surface area contributed by atoms with E-state index in [9.17, 15) is 18.0 Å². The number of carbonyl (C=O) groups is 2. The van der Waals surface area contributed by atoms with Crippen LogP contribution in [0.1, 0.15) is 55.8 Å². The van der Waals surface area contributed by atoms with Crippen molar-refractivity contribution in [3.63, 3.8) is 0 Å². The highest BCUT2D eigenvalue weighted by atomic mass is 32.2. The maximum absolute atomic E-state index is 13.3. The molecule has 9 heteroatoms. The zero-order chi connectivity index (χ0) is 22.4. The molecule has 2 fully saturated rings. The van der Waals surface area contributed by atoms with E-state index < -0.39 is 10.0 Å². The average molecular weight is 453 g/mol. The Kier molecular flexibility index (Phi) is 7.94. The molecule has 1 aromatic rings. The Morgan fingerprint density at radius 3 is 2.42 bits per heavy atom. The molecule has 1 aromatic carbocycles. The molecule has 172 valence electrons. The van der Waals surface area contributed by atoms with Gasteiger partial charge in [-0.2, -0.15) is 4.31 Å². The second kappa shape index (κ2) is 10.5. The summed E-state index contributed by atoms with van der Waals surface area (Å²) in [5, 5.41) is 0. The quantitative estimate of drug-likeness (QED) is 0.616. The molecule has 1 atom stereocenters. The number of hydrogen-bond acceptors (Lipinski definition) is 6. The monoisotopic (exact) mass is 452 g/mol. The van der Waals surface area contributed by atoms with E-state index in [0.717, 1.165) is 25.7 Å². The Bertz CT molecular complexity index is 893. The number of rotatable bonds is 6. The lowest BCUT2D eigenvalue weighted by molar-refractivity contribution is -0.149. The van der Waals surface area contributed by atoms with Crippen LogP contribution in [0, 0.1) is 5.92 Å². The van der Waals surface area contributed by atoms with Crippen LogP contribution in [0.3, 0.4) is 0 Å². The van der Waals surface area contributed by atoms with Crippen molar-refractivity contribution in [1.29, 1.82) is 0 Å². The van der Waals surface area contributed by atoms with Gasteiger partial charge in [0.05, 0.1) is 30.1 Å². The first-order valence-corrected chi connectivity index (χ1v) is 12.5. The molecule has 3 rings (SSSR count). The number of amides is 1. The summed E-state index contributed by atoms with van der Waals surface area (Å²) in [6.07, 6.45) is 5.07. The minimum atomic E-state index is -3.70. The molecule has 2 aliphatic rings. The van der Waals surface area contributed by atoms with Gasteiger partial charge in [0.1, 0.15) is 5.75 Å². The molecule has 2 aliphatic heterocycles. The first-order valence-electron chi connectivity index (χ1n) is 11.0. The summed E-state index contributed by atoms with van der Waals surface area (Å²) in [6, 6.07) is 4.44. The fourth-order valence-electron chi connectivity index (χ4n) is 4.23. The maximum Gasteiger partial charge on any atom is 0.310 e. The van der Waals surface area contributed by atoms with Crippen LogP contribution in [0.25, 0.3) is 0 Å². The van der Waals surface area contributed by atoms with Crippen LogP contribution >= 0.6 is 0 Å². The fraction of sp³-hybridized carbons (Fsp3) is 0.636. The zero-order valence-electron chi connectivity index (χ0n) is 18.3. The summed E-state index contributed by atoms with van der Waals surface area (Å²) in [4.78, 5) is 27.1. The second-order valence-electron chi connectivity index (χ2n) is 8.02. The molecule has 2 heterocycles. The number of hydrogen-bond donors (Lipinski definition) is 0. The van der Waals surface area contributed by atoms with Crippen LogP contribution in [-0.2, 0) is 19.6 Å². The highest BCUT2D eigenvalue weighted by Crippen LogP contribution is 2.29. The molecule has 31 heavy (non-hydrogen) atoms. The molecule has 8 nitrogen and oxygen atoms in total. The lowest BCUT2D eigenvalue weighted by atomic mass is 9.97. The number of carbonyl (C=O) groups excluding carboxylic acids is 2. The van der Waals surface area contributed by atoms with Crippen LogP contribution in [0.15, 0.2) is 23.1 Å². The van der Waals surface area contributed by atoms with Gasteiger partial charge in [0.25, 0.3) is 5.91 Å². The van der Waals surface area contributed by atoms with Crippen molar-refractivity contribution in [1.82, 2.24) is 9.21 Å². The van der Waals surface area contributed by atoms with Gasteiger partial charge in [-0.1, -0.05) is 12.8 Å². The van der Waals surface area contributed by atoms with E-state index in [-0.39, 0.29) is 34.8 Å². The van der Waals surface area contributed by atoms with Gasteiger partial charge in [-0.3, -0.25) is 9.59 Å². The van der Waals surface area contributed by atoms with Gasteiger partial charge in [0.15, 0.2) is 0 Å². The van der Waals surface area contributed by atoms with Crippen molar-refractivity contribution in [2.45, 2.75) is 50.3 Å². The van der Waals surface area contributed by atoms with E-state index in [0.29, 0.717) is 44.8 Å². The average Bonchev–Trinajstić information content (AvgIpc) is 3.08. The molecule has 0 spiro atoms. The molecule has 0 aliphatic carbocycles. The van der Waals surface area contributed by atoms with Gasteiger partial charge in [-0.25, -0.2) is 8.42 Å². The second-order valence-corrected chi connectivity index (χ2v) is 9.96. The number of sulfonamides is 1. The van der Waals surface area contributed by atoms with Gasteiger partial charge in [0, 0.05) is 26.2 Å². The summed E-state index contributed by atoms with van der Waals surface area (Å²) >= 11 is 0. The van der Waals surface area contributed by atoms with Crippen molar-refractivity contribution < 1.29 is 27.5 Å². The Hall–Kier alpha value is -2.13. The number of likely N-dealkylation sites (tertiary alicyclic amines) is 1. The molecule has 0 bridgehead atoms. The molecular formula is C22H32N2O6S. The third-order valence-electron chi connectivity index (χ3n) is 5.93. The Labute approximate surface area is 184 Å². The van der Waals surface area contributed by atoms with Crippen molar-refractivity contribution in [3.05, 3.63) is 23.8 Å². The molecule has 0 aromatic heterocycles. The summed E-state index contributed by atoms with van der Waals surface area (Å²) in [6.45, 7) is 3.79. The smallest absolute Gasteiger partial charge is 0.310 e. The van der Waals surface area contributed by atoms with Crippen molar-refractivity contribution >= 4 is 21.9 Å². The molecule has 1 amide bonds. The lowest BCUT2D eigenvalue weighted by Gasteiger charge is -2.32. The van der Waals surface area contributed by atoms with Gasteiger partial charge in [-0.15, -0.1) is 0 Å². The molecule has 2 saturated heterocycles. The molecule has 0 radical (unpaired) electrons. The van der Waals surface area contributed by atoms with E-state index in [1.165, 1.54) is 29.6 Å². The normalized spacial score (nSPS) is 20.7. The first-order chi connectivity index (χ1) is 14.9. The van der Waals surface area contributed by atoms with Crippen LogP contribution < -0.4 is 4.74 Å². The van der Waals surface area contributed by atoms with Gasteiger partial charge in [0.2, 0.25) is 10.0 Å². The highest BCUT2D eigenvalue weighted by Gasteiger charge is 2.32. The minimum absolute atomic E-state index is 0.0949. The lowest BCUT2D eigenvalue weighted by Crippen LogP contribution is -2.43. The minimum Gasteiger partial charge on any atom is -0.496 e. The van der Waals surface area contributed by atoms with Crippen molar-refractivity contribution in [3.8, 4) is 5.75 Å². The number of methoxy groups -OCH3 is 1. The topological polar surface area (TPSA) is 93.2 Å². The van der Waals surface area contributed by atoms with Gasteiger partial charge in [-0.05, 0) is 50.8 Å². The largest absolute Gasteiger partial charge is 0.496 e. The molecular weight excluding hydrogens is 420 g/mol. The van der Waals surface area contributed by atoms with E-state index >= 15 is 0 Å². The SMILES string of the molecule is CCOC(=O)[C@@H]1CCCN(C(=O)c2cc(S(=O)(=O)N3CCCCCC3)ccc2OC)C1. The van der Waals surface area contributed by atoms with E-state index in [1.54, 1.807) is 11.8 Å². The molecule has 0 unspecified atom stereocenters. The maximum atomic E-state index is 13.3. The van der Waals surface area contributed by atoms with E-state index in [4.69, 9.17) is 9.47 Å². The summed E-state index contributed by atoms with van der Waals surface area (Å²) in [5.74, 6) is -0.686. The zero-order valence-corrected chi connectivity index (χ0v) is 19.2. The number of piperidine rings is 1. The predicted octanol–water partition coefficient (Wildman–Crippen LogP) is 2.68. The Morgan fingerprint density at radius 1 is 1.06 bits per heavy atom. The van der Waals surface area contributed by atoms with Crippen molar-refractivity contribution in [2.75, 3.05) is 39.9 Å². The number of nitrogens with zero attached hydrogens (tertiary/aromatic N) is 2. The molecule has 0 N–H and O–H groups in total. The molecule has 0 saturated carbocycles. The number of benzene rings is 1. The Balaban J connectivity index is 1.86. The third-order valence-corrected chi connectivity index (χ3v) is 7.83. The third kappa shape index (κ3) is 5.38. The summed E-state index contributed by atoms with van der Waals surface area (Å²) < 4.78 is 38.4. The van der Waals surface area contributed by atoms with E-state index in [2.05, 4.69) is 0 Å². The summed E-state index contributed by atoms with van der Waals surface area (Å²) in [7, 11) is -2.24. The fourth-order valence-corrected chi connectivity index (χ4v) is 5.77. The number of ether oxygens (including phenoxy) is 2. The predicted molar refractivity (Wildman–Crippen MR) is 115 cm³/mol. The highest BCUT2D eigenvalue weighted by molar-refractivity contribution is 7.89. The summed E-state index contributed by atoms with van der Waals surface area (Å²) in [5.41, 5.74) is 0.197. The van der Waals surface area contributed by atoms with Crippen LogP contribution in [-0.4, -0.2) is 69.4 Å². The van der Waals surface area contributed by atoms with Crippen molar-refractivity contribution in [2.24, 2.45) is 5.92 Å². The first kappa shape index (κ1) is 23.5. The standard InChI is InChI=1S/C22H32N2O6S/c1-3-30-22(26)17-9-8-12-23(16-17)21(25)19-15-18(10-11-20(19)29-2)31(27,28)24-13-6-4-5-7-14-24/h10-11,15,17H,3-9,12-14,16H2,1-2H3/t17-/m1/s1. The van der Waals surface area contributed by atoms with Crippen LogP contribution in [0.2, 0.25) is 0 Å². The van der Waals surface area contributed by atoms with Crippen LogP contribution in [0.4, 0.5) is 0 Å². The number of esters is 1.